The van der Waals surface area contributed by atoms with Gasteiger partial charge in [0.15, 0.2) is 5.82 Å². The molecule has 0 spiro atoms. The van der Waals surface area contributed by atoms with Gasteiger partial charge in [-0.3, -0.25) is 4.79 Å². The average Bonchev–Trinajstić information content (AvgIpc) is 2.21. The number of nitrogens with one attached hydrogen (secondary N) is 2. The van der Waals surface area contributed by atoms with Crippen molar-refractivity contribution in [2.75, 3.05) is 17.1 Å². The molecule has 78 valence electrons. The maximum atomic E-state index is 11.3. The summed E-state index contributed by atoms with van der Waals surface area (Å²) in [6.45, 7) is 1.82. The van der Waals surface area contributed by atoms with Crippen molar-refractivity contribution in [1.29, 1.82) is 0 Å². The summed E-state index contributed by atoms with van der Waals surface area (Å²) in [5.74, 6) is 0.829. The standard InChI is InChI=1S/C8H11Cl2N3O/c1-8(4-9,5-10)13-6-7(14)12-3-2-11-6/h2-3H,4-5H2,1H3,(H,11,13)(H,12,14). The highest BCUT2D eigenvalue weighted by atomic mass is 35.5. The van der Waals surface area contributed by atoms with Crippen LogP contribution in [0.15, 0.2) is 17.2 Å². The number of hydrogen-bond acceptors (Lipinski definition) is 3. The molecule has 0 saturated heterocycles. The van der Waals surface area contributed by atoms with Gasteiger partial charge in [-0.1, -0.05) is 0 Å². The van der Waals surface area contributed by atoms with Crippen LogP contribution in [0, 0.1) is 0 Å². The van der Waals surface area contributed by atoms with Gasteiger partial charge in [0, 0.05) is 24.2 Å². The number of rotatable bonds is 4. The lowest BCUT2D eigenvalue weighted by Crippen LogP contribution is -2.41. The topological polar surface area (TPSA) is 57.8 Å². The van der Waals surface area contributed by atoms with Crippen molar-refractivity contribution in [3.8, 4) is 0 Å². The zero-order chi connectivity index (χ0) is 10.6. The summed E-state index contributed by atoms with van der Waals surface area (Å²) in [4.78, 5) is 17.7. The van der Waals surface area contributed by atoms with Crippen molar-refractivity contribution in [2.45, 2.75) is 12.5 Å². The van der Waals surface area contributed by atoms with Crippen LogP contribution in [-0.4, -0.2) is 27.3 Å². The van der Waals surface area contributed by atoms with Crippen LogP contribution >= 0.6 is 23.2 Å². The van der Waals surface area contributed by atoms with Gasteiger partial charge >= 0.3 is 0 Å². The molecule has 0 aromatic carbocycles. The highest BCUT2D eigenvalue weighted by molar-refractivity contribution is 6.22. The molecule has 6 heteroatoms. The molecule has 0 unspecified atom stereocenters. The number of nitrogens with zero attached hydrogens (tertiary/aromatic N) is 1. The number of anilines is 1. The molecule has 0 aliphatic rings. The molecule has 0 aliphatic heterocycles. The Bertz CT molecular complexity index is 348. The molecule has 14 heavy (non-hydrogen) atoms. The Kier molecular flexibility index (Phi) is 3.77. The summed E-state index contributed by atoms with van der Waals surface area (Å²) in [5, 5.41) is 2.90. The van der Waals surface area contributed by atoms with E-state index in [-0.39, 0.29) is 11.4 Å². The molecular formula is C8H11Cl2N3O. The van der Waals surface area contributed by atoms with Gasteiger partial charge in [-0.25, -0.2) is 4.98 Å². The normalized spacial score (nSPS) is 11.4. The van der Waals surface area contributed by atoms with Gasteiger partial charge in [0.05, 0.1) is 5.54 Å². The van der Waals surface area contributed by atoms with Crippen molar-refractivity contribution in [3.05, 3.63) is 22.7 Å². The summed E-state index contributed by atoms with van der Waals surface area (Å²) >= 11 is 11.4. The van der Waals surface area contributed by atoms with E-state index in [9.17, 15) is 4.79 Å². The molecule has 2 N–H and O–H groups in total. The van der Waals surface area contributed by atoms with Crippen LogP contribution in [0.2, 0.25) is 0 Å². The van der Waals surface area contributed by atoms with Gasteiger partial charge < -0.3 is 10.3 Å². The number of alkyl halides is 2. The van der Waals surface area contributed by atoms with Gasteiger partial charge in [-0.05, 0) is 6.92 Å². The fourth-order valence-electron chi connectivity index (χ4n) is 0.829. The monoisotopic (exact) mass is 235 g/mol. The Morgan fingerprint density at radius 1 is 1.57 bits per heavy atom. The third-order valence-corrected chi connectivity index (χ3v) is 2.90. The molecule has 0 atom stereocenters. The average molecular weight is 236 g/mol. The van der Waals surface area contributed by atoms with E-state index in [1.807, 2.05) is 6.92 Å². The van der Waals surface area contributed by atoms with Crippen LogP contribution in [0.4, 0.5) is 5.82 Å². The number of halogens is 2. The molecule has 0 radical (unpaired) electrons. The largest absolute Gasteiger partial charge is 0.358 e. The molecule has 1 aromatic rings. The Morgan fingerprint density at radius 3 is 2.71 bits per heavy atom. The van der Waals surface area contributed by atoms with Crippen molar-refractivity contribution in [1.82, 2.24) is 9.97 Å². The first-order valence-electron chi connectivity index (χ1n) is 4.05. The second-order valence-corrected chi connectivity index (χ2v) is 3.75. The van der Waals surface area contributed by atoms with Gasteiger partial charge in [0.2, 0.25) is 0 Å². The molecular weight excluding hydrogens is 225 g/mol. The Hall–Kier alpha value is -0.740. The van der Waals surface area contributed by atoms with Crippen molar-refractivity contribution in [2.24, 2.45) is 0 Å². The predicted molar refractivity (Wildman–Crippen MR) is 58.3 cm³/mol. The fraction of sp³-hybridized carbons (Fsp3) is 0.500. The van der Waals surface area contributed by atoms with E-state index in [0.29, 0.717) is 11.8 Å². The minimum Gasteiger partial charge on any atom is -0.358 e. The summed E-state index contributed by atoms with van der Waals surface area (Å²) in [6.07, 6.45) is 2.96. The van der Waals surface area contributed by atoms with Crippen molar-refractivity contribution in [3.63, 3.8) is 0 Å². The lowest BCUT2D eigenvalue weighted by molar-refractivity contribution is 0.643. The smallest absolute Gasteiger partial charge is 0.290 e. The zero-order valence-electron chi connectivity index (χ0n) is 7.68. The summed E-state index contributed by atoms with van der Waals surface area (Å²) < 4.78 is 0. The zero-order valence-corrected chi connectivity index (χ0v) is 9.19. The SMILES string of the molecule is CC(CCl)(CCl)Nc1ncc[nH]c1=O. The summed E-state index contributed by atoms with van der Waals surface area (Å²) in [5.41, 5.74) is -0.807. The van der Waals surface area contributed by atoms with Gasteiger partial charge in [0.25, 0.3) is 5.56 Å². The van der Waals surface area contributed by atoms with Gasteiger partial charge in [0.1, 0.15) is 0 Å². The first kappa shape index (κ1) is 11.3. The lowest BCUT2D eigenvalue weighted by Gasteiger charge is -2.25. The molecule has 1 aromatic heterocycles. The van der Waals surface area contributed by atoms with E-state index < -0.39 is 5.54 Å². The second kappa shape index (κ2) is 4.66. The fourth-order valence-corrected chi connectivity index (χ4v) is 1.25. The van der Waals surface area contributed by atoms with Crippen LogP contribution in [0.1, 0.15) is 6.92 Å². The van der Waals surface area contributed by atoms with E-state index in [4.69, 9.17) is 23.2 Å². The third kappa shape index (κ3) is 2.62. The predicted octanol–water partition coefficient (Wildman–Crippen LogP) is 1.42. The summed E-state index contributed by atoms with van der Waals surface area (Å²) in [6, 6.07) is 0. The quantitative estimate of drug-likeness (QED) is 0.777. The first-order valence-corrected chi connectivity index (χ1v) is 5.12. The van der Waals surface area contributed by atoms with E-state index in [1.54, 1.807) is 0 Å². The van der Waals surface area contributed by atoms with Crippen LogP contribution in [0.3, 0.4) is 0 Å². The highest BCUT2D eigenvalue weighted by Gasteiger charge is 2.23. The Labute approximate surface area is 91.6 Å². The molecule has 0 saturated carbocycles. The van der Waals surface area contributed by atoms with Gasteiger partial charge in [-0.2, -0.15) is 0 Å². The number of aromatic nitrogens is 2. The van der Waals surface area contributed by atoms with Gasteiger partial charge in [-0.15, -0.1) is 23.2 Å². The molecule has 0 fully saturated rings. The Balaban J connectivity index is 2.88. The molecule has 1 rings (SSSR count). The van der Waals surface area contributed by atoms with Crippen molar-refractivity contribution >= 4 is 29.0 Å². The van der Waals surface area contributed by atoms with Crippen LogP contribution in [0.5, 0.6) is 0 Å². The van der Waals surface area contributed by atoms with E-state index in [2.05, 4.69) is 15.3 Å². The number of aromatic amines is 1. The van der Waals surface area contributed by atoms with Crippen molar-refractivity contribution < 1.29 is 0 Å². The second-order valence-electron chi connectivity index (χ2n) is 3.22. The van der Waals surface area contributed by atoms with Crippen LogP contribution in [0.25, 0.3) is 0 Å². The minimum atomic E-state index is -0.523. The molecule has 4 nitrogen and oxygen atoms in total. The minimum absolute atomic E-state index is 0.233. The van der Waals surface area contributed by atoms with Crippen LogP contribution in [-0.2, 0) is 0 Å². The van der Waals surface area contributed by atoms with Crippen LogP contribution < -0.4 is 10.9 Å². The summed E-state index contributed by atoms with van der Waals surface area (Å²) in [7, 11) is 0. The molecule has 1 heterocycles. The molecule has 0 bridgehead atoms. The molecule has 0 aliphatic carbocycles. The highest BCUT2D eigenvalue weighted by Crippen LogP contribution is 2.13. The number of H-pyrrole nitrogens is 1. The lowest BCUT2D eigenvalue weighted by atomic mass is 10.1. The van der Waals surface area contributed by atoms with E-state index >= 15 is 0 Å². The number of hydrogen-bond donors (Lipinski definition) is 2. The van der Waals surface area contributed by atoms with E-state index in [0.717, 1.165) is 0 Å². The third-order valence-electron chi connectivity index (χ3n) is 1.72. The van der Waals surface area contributed by atoms with E-state index in [1.165, 1.54) is 12.4 Å². The maximum absolute atomic E-state index is 11.3. The molecule has 0 amide bonds. The first-order chi connectivity index (χ1) is 6.61. The maximum Gasteiger partial charge on any atom is 0.290 e. The Morgan fingerprint density at radius 2 is 2.21 bits per heavy atom.